The van der Waals surface area contributed by atoms with E-state index in [9.17, 15) is 0 Å². The molecule has 0 aliphatic heterocycles. The molecule has 0 fully saturated rings. The molecule has 0 saturated heterocycles. The van der Waals surface area contributed by atoms with E-state index in [1.807, 2.05) is 50.2 Å². The highest BCUT2D eigenvalue weighted by molar-refractivity contribution is 6.28. The van der Waals surface area contributed by atoms with Crippen LogP contribution in [-0.2, 0) is 0 Å². The van der Waals surface area contributed by atoms with Gasteiger partial charge in [0.05, 0.1) is 12.1 Å². The SMILES string of the molecule is CC(Nc1nc(Cl)nc(NC(C)c2ccccc2)n1)c1ccccc1. The quantitative estimate of drug-likeness (QED) is 0.661. The molecule has 6 heteroatoms. The summed E-state index contributed by atoms with van der Waals surface area (Å²) in [7, 11) is 0. The molecule has 0 radical (unpaired) electrons. The van der Waals surface area contributed by atoms with Crippen LogP contribution in [0.1, 0.15) is 37.1 Å². The predicted octanol–water partition coefficient (Wildman–Crippen LogP) is 4.87. The lowest BCUT2D eigenvalue weighted by Crippen LogP contribution is -2.14. The average Bonchev–Trinajstić information content (AvgIpc) is 2.62. The largest absolute Gasteiger partial charge is 0.348 e. The number of nitrogens with one attached hydrogen (secondary N) is 2. The van der Waals surface area contributed by atoms with Gasteiger partial charge in [0.2, 0.25) is 17.2 Å². The number of rotatable bonds is 6. The first-order chi connectivity index (χ1) is 12.1. The monoisotopic (exact) mass is 353 g/mol. The Morgan fingerprint density at radius 3 is 1.48 bits per heavy atom. The minimum atomic E-state index is 0.0547. The zero-order valence-electron chi connectivity index (χ0n) is 14.1. The molecule has 2 N–H and O–H groups in total. The van der Waals surface area contributed by atoms with Crippen LogP contribution in [0.25, 0.3) is 0 Å². The molecule has 1 heterocycles. The average molecular weight is 354 g/mol. The van der Waals surface area contributed by atoms with Gasteiger partial charge in [0.25, 0.3) is 0 Å². The van der Waals surface area contributed by atoms with Crippen LogP contribution in [0.5, 0.6) is 0 Å². The third kappa shape index (κ3) is 4.67. The van der Waals surface area contributed by atoms with Crippen LogP contribution in [0.4, 0.5) is 11.9 Å². The summed E-state index contributed by atoms with van der Waals surface area (Å²) < 4.78 is 0. The maximum Gasteiger partial charge on any atom is 0.229 e. The molecule has 128 valence electrons. The fraction of sp³-hybridized carbons (Fsp3) is 0.211. The zero-order chi connectivity index (χ0) is 17.6. The van der Waals surface area contributed by atoms with Gasteiger partial charge in [-0.2, -0.15) is 15.0 Å². The van der Waals surface area contributed by atoms with E-state index in [0.717, 1.165) is 11.1 Å². The molecule has 3 rings (SSSR count). The molecular formula is C19H20ClN5. The first-order valence-corrected chi connectivity index (χ1v) is 8.54. The van der Waals surface area contributed by atoms with Gasteiger partial charge < -0.3 is 10.6 Å². The molecule has 0 amide bonds. The fourth-order valence-corrected chi connectivity index (χ4v) is 2.68. The minimum Gasteiger partial charge on any atom is -0.348 e. The van der Waals surface area contributed by atoms with E-state index in [0.29, 0.717) is 11.9 Å². The Bertz CT molecular complexity index is 745. The number of benzene rings is 2. The molecular weight excluding hydrogens is 334 g/mol. The Morgan fingerprint density at radius 2 is 1.08 bits per heavy atom. The lowest BCUT2D eigenvalue weighted by Gasteiger charge is -2.17. The molecule has 5 nitrogen and oxygen atoms in total. The molecule has 25 heavy (non-hydrogen) atoms. The molecule has 0 saturated carbocycles. The van der Waals surface area contributed by atoms with Crippen LogP contribution in [-0.4, -0.2) is 15.0 Å². The maximum absolute atomic E-state index is 6.07. The Kier molecular flexibility index (Phi) is 5.46. The van der Waals surface area contributed by atoms with E-state index in [-0.39, 0.29) is 17.4 Å². The number of hydrogen-bond donors (Lipinski definition) is 2. The van der Waals surface area contributed by atoms with Crippen LogP contribution in [0.3, 0.4) is 0 Å². The minimum absolute atomic E-state index is 0.0547. The maximum atomic E-state index is 6.07. The van der Waals surface area contributed by atoms with Gasteiger partial charge in [0.15, 0.2) is 0 Å². The lowest BCUT2D eigenvalue weighted by molar-refractivity contribution is 0.832. The molecule has 2 unspecified atom stereocenters. The van der Waals surface area contributed by atoms with E-state index in [1.165, 1.54) is 0 Å². The normalized spacial score (nSPS) is 13.1. The van der Waals surface area contributed by atoms with Crippen molar-refractivity contribution in [2.24, 2.45) is 0 Å². The van der Waals surface area contributed by atoms with Crippen molar-refractivity contribution in [3.05, 3.63) is 77.1 Å². The fourth-order valence-electron chi connectivity index (χ4n) is 2.52. The summed E-state index contributed by atoms with van der Waals surface area (Å²) in [6, 6.07) is 20.3. The Morgan fingerprint density at radius 1 is 0.680 bits per heavy atom. The van der Waals surface area contributed by atoms with Crippen molar-refractivity contribution >= 4 is 23.5 Å². The number of aromatic nitrogens is 3. The number of nitrogens with zero attached hydrogens (tertiary/aromatic N) is 3. The highest BCUT2D eigenvalue weighted by Gasteiger charge is 2.12. The van der Waals surface area contributed by atoms with Gasteiger partial charge in [0, 0.05) is 0 Å². The van der Waals surface area contributed by atoms with Crippen LogP contribution in [0.2, 0.25) is 5.28 Å². The summed E-state index contributed by atoms with van der Waals surface area (Å²) in [4.78, 5) is 12.8. The Labute approximate surface area is 152 Å². The van der Waals surface area contributed by atoms with E-state index in [2.05, 4.69) is 49.9 Å². The number of hydrogen-bond acceptors (Lipinski definition) is 5. The lowest BCUT2D eigenvalue weighted by atomic mass is 10.1. The summed E-state index contributed by atoms with van der Waals surface area (Å²) in [6.07, 6.45) is 0. The second-order valence-corrected chi connectivity index (χ2v) is 6.14. The summed E-state index contributed by atoms with van der Waals surface area (Å²) in [5.41, 5.74) is 2.29. The van der Waals surface area contributed by atoms with Gasteiger partial charge in [0.1, 0.15) is 0 Å². The molecule has 0 aliphatic rings. The van der Waals surface area contributed by atoms with E-state index in [1.54, 1.807) is 0 Å². The topological polar surface area (TPSA) is 62.7 Å². The first kappa shape index (κ1) is 17.2. The van der Waals surface area contributed by atoms with Crippen LogP contribution < -0.4 is 10.6 Å². The predicted molar refractivity (Wildman–Crippen MR) is 102 cm³/mol. The molecule has 0 spiro atoms. The van der Waals surface area contributed by atoms with Gasteiger partial charge >= 0.3 is 0 Å². The Balaban J connectivity index is 1.74. The molecule has 1 aromatic heterocycles. The third-order valence-electron chi connectivity index (χ3n) is 3.90. The van der Waals surface area contributed by atoms with Crippen LogP contribution in [0, 0.1) is 0 Å². The van der Waals surface area contributed by atoms with E-state index in [4.69, 9.17) is 11.6 Å². The van der Waals surface area contributed by atoms with Crippen molar-refractivity contribution in [2.45, 2.75) is 25.9 Å². The van der Waals surface area contributed by atoms with Crippen molar-refractivity contribution in [3.8, 4) is 0 Å². The summed E-state index contributed by atoms with van der Waals surface area (Å²) in [6.45, 7) is 4.10. The van der Waals surface area contributed by atoms with Crippen LogP contribution in [0.15, 0.2) is 60.7 Å². The Hall–Kier alpha value is -2.66. The molecule has 0 aliphatic carbocycles. The third-order valence-corrected chi connectivity index (χ3v) is 4.07. The van der Waals surface area contributed by atoms with Crippen molar-refractivity contribution in [2.75, 3.05) is 10.6 Å². The number of halogens is 1. The second-order valence-electron chi connectivity index (χ2n) is 5.81. The summed E-state index contributed by atoms with van der Waals surface area (Å²) in [5, 5.41) is 6.68. The van der Waals surface area contributed by atoms with Crippen molar-refractivity contribution in [1.29, 1.82) is 0 Å². The zero-order valence-corrected chi connectivity index (χ0v) is 14.9. The molecule has 0 bridgehead atoms. The molecule has 3 aromatic rings. The standard InChI is InChI=1S/C19H20ClN5/c1-13(15-9-5-3-6-10-15)21-18-23-17(20)24-19(25-18)22-14(2)16-11-7-4-8-12-16/h3-14H,1-2H3,(H2,21,22,23,24,25). The smallest absolute Gasteiger partial charge is 0.229 e. The number of anilines is 2. The van der Waals surface area contributed by atoms with Gasteiger partial charge in [-0.15, -0.1) is 0 Å². The van der Waals surface area contributed by atoms with Gasteiger partial charge in [-0.3, -0.25) is 0 Å². The van der Waals surface area contributed by atoms with Crippen molar-refractivity contribution < 1.29 is 0 Å². The van der Waals surface area contributed by atoms with E-state index < -0.39 is 0 Å². The first-order valence-electron chi connectivity index (χ1n) is 8.16. The molecule has 2 atom stereocenters. The second kappa shape index (κ2) is 7.94. The van der Waals surface area contributed by atoms with Crippen molar-refractivity contribution in [1.82, 2.24) is 15.0 Å². The van der Waals surface area contributed by atoms with Gasteiger partial charge in [-0.05, 0) is 36.6 Å². The summed E-state index contributed by atoms with van der Waals surface area (Å²) in [5.74, 6) is 0.887. The van der Waals surface area contributed by atoms with Crippen molar-refractivity contribution in [3.63, 3.8) is 0 Å². The van der Waals surface area contributed by atoms with Gasteiger partial charge in [-0.1, -0.05) is 60.7 Å². The summed E-state index contributed by atoms with van der Waals surface area (Å²) >= 11 is 6.07. The van der Waals surface area contributed by atoms with E-state index >= 15 is 0 Å². The van der Waals surface area contributed by atoms with Gasteiger partial charge in [-0.25, -0.2) is 0 Å². The molecule has 2 aromatic carbocycles. The van der Waals surface area contributed by atoms with Crippen LogP contribution >= 0.6 is 11.6 Å². The highest BCUT2D eigenvalue weighted by Crippen LogP contribution is 2.21. The highest BCUT2D eigenvalue weighted by atomic mass is 35.5.